The Kier molecular flexibility index (Phi) is 2.42. The molecule has 8 heteroatoms. The van der Waals surface area contributed by atoms with E-state index in [0.29, 0.717) is 0 Å². The highest BCUT2D eigenvalue weighted by Crippen LogP contribution is 2.31. The number of rotatable bonds is 1. The molecule has 92 valence electrons. The average molecular weight is 264 g/mol. The van der Waals surface area contributed by atoms with Crippen molar-refractivity contribution in [1.82, 2.24) is 8.96 Å². The molecule has 0 radical (unpaired) electrons. The second kappa shape index (κ2) is 3.46. The molecule has 1 aromatic carbocycles. The smallest absolute Gasteiger partial charge is 0.236 e. The fourth-order valence-electron chi connectivity index (χ4n) is 1.43. The van der Waals surface area contributed by atoms with E-state index >= 15 is 0 Å². The topological polar surface area (TPSA) is 52.0 Å². The maximum absolute atomic E-state index is 12.5. The predicted molar refractivity (Wildman–Crippen MR) is 55.0 cm³/mol. The normalized spacial score (nSPS) is 13.2. The number of imidazole rings is 1. The van der Waals surface area contributed by atoms with Crippen molar-refractivity contribution in [2.75, 3.05) is 6.26 Å². The quantitative estimate of drug-likeness (QED) is 0.790. The van der Waals surface area contributed by atoms with Gasteiger partial charge in [-0.05, 0) is 18.2 Å². The molecular weight excluding hydrogens is 257 g/mol. The number of alkyl halides is 3. The molecule has 4 nitrogen and oxygen atoms in total. The van der Waals surface area contributed by atoms with Crippen LogP contribution in [-0.4, -0.2) is 23.6 Å². The van der Waals surface area contributed by atoms with Crippen LogP contribution in [0.2, 0.25) is 0 Å². The molecule has 2 rings (SSSR count). The second-order valence-electron chi connectivity index (χ2n) is 3.50. The van der Waals surface area contributed by atoms with Gasteiger partial charge in [0.05, 0.1) is 22.9 Å². The number of halogens is 3. The standard InChI is InChI=1S/C9H7F3N2O2S/c1-17(15,16)14-5-13-7-3-2-6(4-8(7)14)9(10,11)12/h2-5H,1H3. The van der Waals surface area contributed by atoms with Crippen LogP contribution in [0.15, 0.2) is 24.5 Å². The van der Waals surface area contributed by atoms with Crippen molar-refractivity contribution < 1.29 is 21.6 Å². The molecule has 1 aromatic heterocycles. The fraction of sp³-hybridized carbons (Fsp3) is 0.222. The third-order valence-corrected chi connectivity index (χ3v) is 3.20. The van der Waals surface area contributed by atoms with E-state index < -0.39 is 21.8 Å². The fourth-order valence-corrected chi connectivity index (χ4v) is 2.15. The van der Waals surface area contributed by atoms with Gasteiger partial charge in [-0.25, -0.2) is 17.4 Å². The van der Waals surface area contributed by atoms with Gasteiger partial charge >= 0.3 is 6.18 Å². The van der Waals surface area contributed by atoms with E-state index in [2.05, 4.69) is 4.98 Å². The van der Waals surface area contributed by atoms with E-state index in [0.717, 1.165) is 34.8 Å². The maximum atomic E-state index is 12.5. The van der Waals surface area contributed by atoms with Crippen molar-refractivity contribution >= 4 is 21.1 Å². The first-order valence-electron chi connectivity index (χ1n) is 4.44. The number of nitrogens with zero attached hydrogens (tertiary/aromatic N) is 2. The first-order chi connectivity index (χ1) is 7.69. The lowest BCUT2D eigenvalue weighted by molar-refractivity contribution is -0.137. The van der Waals surface area contributed by atoms with Crippen LogP contribution < -0.4 is 0 Å². The minimum absolute atomic E-state index is 0.0812. The molecule has 0 aliphatic carbocycles. The number of aromatic nitrogens is 2. The van der Waals surface area contributed by atoms with Gasteiger partial charge in [0.2, 0.25) is 10.0 Å². The van der Waals surface area contributed by atoms with Crippen molar-refractivity contribution in [3.63, 3.8) is 0 Å². The Labute approximate surface area is 94.7 Å². The summed E-state index contributed by atoms with van der Waals surface area (Å²) in [6, 6.07) is 2.77. The van der Waals surface area contributed by atoms with E-state index in [1.807, 2.05) is 0 Å². The SMILES string of the molecule is CS(=O)(=O)n1cnc2ccc(C(F)(F)F)cc21. The molecule has 0 saturated carbocycles. The lowest BCUT2D eigenvalue weighted by atomic mass is 10.2. The van der Waals surface area contributed by atoms with Gasteiger partial charge in [-0.2, -0.15) is 13.2 Å². The van der Waals surface area contributed by atoms with Gasteiger partial charge in [-0.3, -0.25) is 0 Å². The first-order valence-corrected chi connectivity index (χ1v) is 6.29. The summed E-state index contributed by atoms with van der Waals surface area (Å²) in [6.45, 7) is 0. The Morgan fingerprint density at radius 3 is 2.47 bits per heavy atom. The van der Waals surface area contributed by atoms with Crippen molar-refractivity contribution in [3.8, 4) is 0 Å². The molecule has 0 amide bonds. The summed E-state index contributed by atoms with van der Waals surface area (Å²) in [5.41, 5.74) is -0.791. The van der Waals surface area contributed by atoms with Crippen molar-refractivity contribution in [3.05, 3.63) is 30.1 Å². The molecule has 2 aromatic rings. The summed E-state index contributed by atoms with van der Waals surface area (Å²) in [4.78, 5) is 3.72. The molecule has 1 heterocycles. The Balaban J connectivity index is 2.76. The zero-order valence-corrected chi connectivity index (χ0v) is 9.38. The van der Waals surface area contributed by atoms with Gasteiger partial charge in [-0.15, -0.1) is 0 Å². The van der Waals surface area contributed by atoms with Gasteiger partial charge in [-0.1, -0.05) is 0 Å². The molecule has 0 atom stereocenters. The first kappa shape index (κ1) is 11.9. The third kappa shape index (κ3) is 2.12. The molecule has 0 saturated heterocycles. The second-order valence-corrected chi connectivity index (χ2v) is 5.36. The van der Waals surface area contributed by atoms with Gasteiger partial charge in [0.15, 0.2) is 0 Å². The summed E-state index contributed by atoms with van der Waals surface area (Å²) >= 11 is 0. The van der Waals surface area contributed by atoms with Gasteiger partial charge in [0, 0.05) is 0 Å². The van der Waals surface area contributed by atoms with Crippen LogP contribution in [0, 0.1) is 0 Å². The van der Waals surface area contributed by atoms with Crippen LogP contribution in [0.3, 0.4) is 0 Å². The number of fused-ring (bicyclic) bond motifs is 1. The number of hydrogen-bond donors (Lipinski definition) is 0. The number of benzene rings is 1. The van der Waals surface area contributed by atoms with Crippen molar-refractivity contribution in [2.45, 2.75) is 6.18 Å². The van der Waals surface area contributed by atoms with E-state index in [9.17, 15) is 21.6 Å². The largest absolute Gasteiger partial charge is 0.416 e. The lowest BCUT2D eigenvalue weighted by Crippen LogP contribution is -2.09. The predicted octanol–water partition coefficient (Wildman–Crippen LogP) is 1.86. The van der Waals surface area contributed by atoms with Gasteiger partial charge < -0.3 is 0 Å². The zero-order valence-electron chi connectivity index (χ0n) is 8.56. The average Bonchev–Trinajstić information content (AvgIpc) is 2.57. The monoisotopic (exact) mass is 264 g/mol. The van der Waals surface area contributed by atoms with E-state index in [1.165, 1.54) is 0 Å². The van der Waals surface area contributed by atoms with Crippen LogP contribution in [0.1, 0.15) is 5.56 Å². The van der Waals surface area contributed by atoms with Crippen LogP contribution >= 0.6 is 0 Å². The Morgan fingerprint density at radius 2 is 1.94 bits per heavy atom. The molecule has 0 unspecified atom stereocenters. The van der Waals surface area contributed by atoms with Crippen LogP contribution in [0.25, 0.3) is 11.0 Å². The number of hydrogen-bond acceptors (Lipinski definition) is 3. The molecule has 0 spiro atoms. The van der Waals surface area contributed by atoms with Crippen molar-refractivity contribution in [2.24, 2.45) is 0 Å². The summed E-state index contributed by atoms with van der Waals surface area (Å²) in [7, 11) is -3.66. The Bertz CT molecular complexity index is 673. The summed E-state index contributed by atoms with van der Waals surface area (Å²) in [5, 5.41) is 0. The Morgan fingerprint density at radius 1 is 1.29 bits per heavy atom. The van der Waals surface area contributed by atoms with Crippen molar-refractivity contribution in [1.29, 1.82) is 0 Å². The van der Waals surface area contributed by atoms with E-state index in [-0.39, 0.29) is 11.0 Å². The molecule has 0 aliphatic heterocycles. The minimum atomic E-state index is -4.51. The summed E-state index contributed by atoms with van der Waals surface area (Å²) in [5.74, 6) is 0. The molecule has 0 bridgehead atoms. The summed E-state index contributed by atoms with van der Waals surface area (Å²) < 4.78 is 60.8. The van der Waals surface area contributed by atoms with E-state index in [1.54, 1.807) is 0 Å². The highest BCUT2D eigenvalue weighted by atomic mass is 32.2. The van der Waals surface area contributed by atoms with Crippen LogP contribution in [0.4, 0.5) is 13.2 Å². The molecule has 0 N–H and O–H groups in total. The van der Waals surface area contributed by atoms with Gasteiger partial charge in [0.25, 0.3) is 0 Å². The highest BCUT2D eigenvalue weighted by molar-refractivity contribution is 7.89. The third-order valence-electron chi connectivity index (χ3n) is 2.20. The maximum Gasteiger partial charge on any atom is 0.416 e. The molecule has 0 aliphatic rings. The lowest BCUT2D eigenvalue weighted by Gasteiger charge is -2.07. The van der Waals surface area contributed by atoms with E-state index in [4.69, 9.17) is 0 Å². The molecule has 17 heavy (non-hydrogen) atoms. The van der Waals surface area contributed by atoms with Crippen LogP contribution in [0.5, 0.6) is 0 Å². The van der Waals surface area contributed by atoms with Gasteiger partial charge in [0.1, 0.15) is 6.33 Å². The highest BCUT2D eigenvalue weighted by Gasteiger charge is 2.31. The van der Waals surface area contributed by atoms with Crippen LogP contribution in [-0.2, 0) is 16.2 Å². The summed E-state index contributed by atoms with van der Waals surface area (Å²) in [6.07, 6.45) is -2.63. The Hall–Kier alpha value is -1.57. The molecule has 0 fully saturated rings. The zero-order chi connectivity index (χ0) is 12.8. The minimum Gasteiger partial charge on any atom is -0.236 e. The molecular formula is C9H7F3N2O2S.